The molecule has 25 heavy (non-hydrogen) atoms. The number of anilines is 1. The highest BCUT2D eigenvalue weighted by Crippen LogP contribution is 2.14. The minimum absolute atomic E-state index is 0.106. The van der Waals surface area contributed by atoms with Crippen molar-refractivity contribution in [3.63, 3.8) is 0 Å². The molecule has 0 aliphatic carbocycles. The number of thiophene rings is 1. The van der Waals surface area contributed by atoms with Gasteiger partial charge in [-0.15, -0.1) is 11.3 Å². The molecule has 0 radical (unpaired) electrons. The second-order valence-corrected chi connectivity index (χ2v) is 6.28. The van der Waals surface area contributed by atoms with Gasteiger partial charge in [-0.3, -0.25) is 9.59 Å². The molecular formula is C19H16N2O3S. The third kappa shape index (κ3) is 4.45. The number of nitrogens with one attached hydrogen (secondary N) is 2. The van der Waals surface area contributed by atoms with Crippen molar-refractivity contribution >= 4 is 34.9 Å². The number of carbonyl (C=O) groups excluding carboxylic acids is 2. The van der Waals surface area contributed by atoms with Crippen LogP contribution in [0.3, 0.4) is 0 Å². The molecule has 0 aliphatic rings. The lowest BCUT2D eigenvalue weighted by Gasteiger charge is -2.10. The minimum atomic E-state index is -0.424. The van der Waals surface area contributed by atoms with E-state index in [1.165, 1.54) is 23.7 Å². The molecule has 126 valence electrons. The monoisotopic (exact) mass is 352 g/mol. The summed E-state index contributed by atoms with van der Waals surface area (Å²) in [7, 11) is 0. The van der Waals surface area contributed by atoms with E-state index in [1.54, 1.807) is 35.7 Å². The van der Waals surface area contributed by atoms with Crippen LogP contribution in [0.4, 0.5) is 5.69 Å². The molecule has 0 fully saturated rings. The van der Waals surface area contributed by atoms with E-state index >= 15 is 0 Å². The van der Waals surface area contributed by atoms with Crippen LogP contribution < -0.4 is 10.6 Å². The molecule has 3 aromatic rings. The summed E-state index contributed by atoms with van der Waals surface area (Å²) < 4.78 is 5.25. The maximum absolute atomic E-state index is 12.6. The summed E-state index contributed by atoms with van der Waals surface area (Å²) in [6, 6.07) is 14.3. The molecule has 1 aromatic carbocycles. The van der Waals surface area contributed by atoms with Crippen molar-refractivity contribution in [1.82, 2.24) is 5.32 Å². The van der Waals surface area contributed by atoms with Crippen molar-refractivity contribution in [2.45, 2.75) is 6.92 Å². The molecule has 2 aromatic heterocycles. The Morgan fingerprint density at radius 1 is 1.12 bits per heavy atom. The second-order valence-electron chi connectivity index (χ2n) is 5.33. The Labute approximate surface area is 149 Å². The van der Waals surface area contributed by atoms with E-state index in [9.17, 15) is 9.59 Å². The van der Waals surface area contributed by atoms with Crippen LogP contribution in [-0.2, 0) is 4.79 Å². The third-order valence-electron chi connectivity index (χ3n) is 3.34. The van der Waals surface area contributed by atoms with Crippen molar-refractivity contribution in [3.05, 3.63) is 82.1 Å². The van der Waals surface area contributed by atoms with Gasteiger partial charge in [0.15, 0.2) is 0 Å². The van der Waals surface area contributed by atoms with E-state index in [2.05, 4.69) is 10.6 Å². The van der Waals surface area contributed by atoms with E-state index in [-0.39, 0.29) is 11.6 Å². The molecule has 0 bridgehead atoms. The van der Waals surface area contributed by atoms with Gasteiger partial charge in [0.1, 0.15) is 11.5 Å². The van der Waals surface area contributed by atoms with Crippen LogP contribution in [0.5, 0.6) is 0 Å². The van der Waals surface area contributed by atoms with Gasteiger partial charge in [-0.1, -0.05) is 18.2 Å². The lowest BCUT2D eigenvalue weighted by atomic mass is 10.2. The van der Waals surface area contributed by atoms with Crippen molar-refractivity contribution in [3.8, 4) is 0 Å². The average molecular weight is 352 g/mol. The van der Waals surface area contributed by atoms with Gasteiger partial charge in [0, 0.05) is 11.8 Å². The van der Waals surface area contributed by atoms with Crippen molar-refractivity contribution < 1.29 is 14.0 Å². The van der Waals surface area contributed by atoms with Gasteiger partial charge in [0.05, 0.1) is 11.1 Å². The van der Waals surface area contributed by atoms with Crippen LogP contribution in [0.1, 0.15) is 21.0 Å². The molecule has 0 saturated carbocycles. The molecule has 6 heteroatoms. The Kier molecular flexibility index (Phi) is 5.11. The van der Waals surface area contributed by atoms with E-state index in [0.717, 1.165) is 5.56 Å². The van der Waals surface area contributed by atoms with Gasteiger partial charge in [0.25, 0.3) is 11.8 Å². The molecule has 0 saturated heterocycles. The maximum atomic E-state index is 12.6. The number of aryl methyl sites for hydroxylation is 1. The zero-order chi connectivity index (χ0) is 17.6. The fourth-order valence-corrected chi connectivity index (χ4v) is 2.81. The smallest absolute Gasteiger partial charge is 0.272 e. The average Bonchev–Trinajstić information content (AvgIpc) is 3.28. The summed E-state index contributed by atoms with van der Waals surface area (Å²) in [5.74, 6) is -0.292. The summed E-state index contributed by atoms with van der Waals surface area (Å²) in [4.78, 5) is 25.4. The number of amides is 2. The molecule has 2 heterocycles. The zero-order valence-electron chi connectivity index (χ0n) is 13.5. The standard InChI is InChI=1S/C19H16N2O3S/c1-13-5-2-6-14(11-13)20-18(22)16(12-15-7-3-9-24-15)21-19(23)17-8-4-10-25-17/h2-12H,1H3,(H,20,22)(H,21,23). The van der Waals surface area contributed by atoms with Gasteiger partial charge in [-0.25, -0.2) is 0 Å². The first-order valence-electron chi connectivity index (χ1n) is 7.60. The summed E-state index contributed by atoms with van der Waals surface area (Å²) >= 11 is 1.30. The molecule has 2 amide bonds. The summed E-state index contributed by atoms with van der Waals surface area (Å²) in [6.07, 6.45) is 3.00. The first-order chi connectivity index (χ1) is 12.1. The first kappa shape index (κ1) is 16.7. The first-order valence-corrected chi connectivity index (χ1v) is 8.48. The van der Waals surface area contributed by atoms with Gasteiger partial charge in [-0.05, 0) is 48.2 Å². The van der Waals surface area contributed by atoms with E-state index in [4.69, 9.17) is 4.42 Å². The number of hydrogen-bond acceptors (Lipinski definition) is 4. The van der Waals surface area contributed by atoms with Crippen LogP contribution >= 0.6 is 11.3 Å². The van der Waals surface area contributed by atoms with Gasteiger partial charge in [0.2, 0.25) is 0 Å². The van der Waals surface area contributed by atoms with E-state index in [0.29, 0.717) is 16.3 Å². The van der Waals surface area contributed by atoms with Crippen molar-refractivity contribution in [2.24, 2.45) is 0 Å². The lowest BCUT2D eigenvalue weighted by molar-refractivity contribution is -0.113. The normalized spacial score (nSPS) is 11.2. The van der Waals surface area contributed by atoms with Crippen LogP contribution in [0.2, 0.25) is 0 Å². The molecule has 0 unspecified atom stereocenters. The number of hydrogen-bond donors (Lipinski definition) is 2. The van der Waals surface area contributed by atoms with Crippen LogP contribution in [0.15, 0.2) is 70.3 Å². The van der Waals surface area contributed by atoms with Crippen LogP contribution in [0.25, 0.3) is 6.08 Å². The molecule has 2 N–H and O–H groups in total. The topological polar surface area (TPSA) is 71.3 Å². The fraction of sp³-hybridized carbons (Fsp3) is 0.0526. The minimum Gasteiger partial charge on any atom is -0.465 e. The second kappa shape index (κ2) is 7.63. The van der Waals surface area contributed by atoms with Crippen molar-refractivity contribution in [1.29, 1.82) is 0 Å². The largest absolute Gasteiger partial charge is 0.465 e. The highest BCUT2D eigenvalue weighted by atomic mass is 32.1. The third-order valence-corrected chi connectivity index (χ3v) is 4.21. The van der Waals surface area contributed by atoms with E-state index in [1.807, 2.05) is 25.1 Å². The summed E-state index contributed by atoms with van der Waals surface area (Å²) in [6.45, 7) is 1.94. The molecule has 0 atom stereocenters. The molecule has 3 rings (SSSR count). The molecule has 0 aliphatic heterocycles. The SMILES string of the molecule is Cc1cccc(NC(=O)C(=Cc2ccco2)NC(=O)c2cccs2)c1. The highest BCUT2D eigenvalue weighted by molar-refractivity contribution is 7.12. The highest BCUT2D eigenvalue weighted by Gasteiger charge is 2.16. The Bertz CT molecular complexity index is 897. The number of carbonyl (C=O) groups is 2. The number of benzene rings is 1. The Morgan fingerprint density at radius 2 is 2.00 bits per heavy atom. The lowest BCUT2D eigenvalue weighted by Crippen LogP contribution is -2.30. The predicted molar refractivity (Wildman–Crippen MR) is 98.3 cm³/mol. The van der Waals surface area contributed by atoms with Crippen LogP contribution in [-0.4, -0.2) is 11.8 Å². The van der Waals surface area contributed by atoms with Crippen molar-refractivity contribution in [2.75, 3.05) is 5.32 Å². The van der Waals surface area contributed by atoms with Gasteiger partial charge >= 0.3 is 0 Å². The Balaban J connectivity index is 1.83. The quantitative estimate of drug-likeness (QED) is 0.680. The Hall–Kier alpha value is -3.12. The molecular weight excluding hydrogens is 336 g/mol. The molecule has 5 nitrogen and oxygen atoms in total. The fourth-order valence-electron chi connectivity index (χ4n) is 2.19. The number of rotatable bonds is 5. The molecule has 0 spiro atoms. The maximum Gasteiger partial charge on any atom is 0.272 e. The number of furan rings is 1. The van der Waals surface area contributed by atoms with Gasteiger partial charge in [-0.2, -0.15) is 0 Å². The summed E-state index contributed by atoms with van der Waals surface area (Å²) in [5.41, 5.74) is 1.78. The predicted octanol–water partition coefficient (Wildman–Crippen LogP) is 4.06. The summed E-state index contributed by atoms with van der Waals surface area (Å²) in [5, 5.41) is 7.24. The Morgan fingerprint density at radius 3 is 2.68 bits per heavy atom. The van der Waals surface area contributed by atoms with Crippen LogP contribution in [0, 0.1) is 6.92 Å². The van der Waals surface area contributed by atoms with E-state index < -0.39 is 5.91 Å². The van der Waals surface area contributed by atoms with Gasteiger partial charge < -0.3 is 15.1 Å². The zero-order valence-corrected chi connectivity index (χ0v) is 14.3.